The van der Waals surface area contributed by atoms with Crippen molar-refractivity contribution in [2.24, 2.45) is 4.99 Å². The molecule has 4 rings (SSSR count). The summed E-state index contributed by atoms with van der Waals surface area (Å²) < 4.78 is 11.1. The van der Waals surface area contributed by atoms with E-state index in [1.165, 1.54) is 0 Å². The summed E-state index contributed by atoms with van der Waals surface area (Å²) in [6.07, 6.45) is 3.21. The van der Waals surface area contributed by atoms with Gasteiger partial charge in [-0.1, -0.05) is 35.3 Å². The third-order valence-corrected chi connectivity index (χ3v) is 4.33. The van der Waals surface area contributed by atoms with Crippen LogP contribution >= 0.6 is 23.2 Å². The summed E-state index contributed by atoms with van der Waals surface area (Å²) in [5.74, 6) is 0.392. The molecule has 28 heavy (non-hydrogen) atoms. The highest BCUT2D eigenvalue weighted by Gasteiger charge is 2.27. The quantitative estimate of drug-likeness (QED) is 0.419. The minimum atomic E-state index is -0.550. The molecule has 0 fully saturated rings. The molecule has 138 valence electrons. The fourth-order valence-electron chi connectivity index (χ4n) is 2.49. The zero-order valence-electron chi connectivity index (χ0n) is 14.3. The van der Waals surface area contributed by atoms with Crippen molar-refractivity contribution in [3.05, 3.63) is 93.7 Å². The number of nitrogens with zero attached hydrogens (tertiary/aromatic N) is 2. The highest BCUT2D eigenvalue weighted by atomic mass is 35.5. The van der Waals surface area contributed by atoms with Crippen LogP contribution in [0.2, 0.25) is 10.0 Å². The maximum atomic E-state index is 12.2. The van der Waals surface area contributed by atoms with Crippen LogP contribution in [0, 0.1) is 0 Å². The van der Waals surface area contributed by atoms with Crippen LogP contribution in [0.5, 0.6) is 11.6 Å². The largest absolute Gasteiger partial charge is 0.438 e. The minimum absolute atomic E-state index is 0.127. The highest BCUT2D eigenvalue weighted by Crippen LogP contribution is 2.28. The number of ether oxygens (including phenoxy) is 2. The van der Waals surface area contributed by atoms with E-state index in [4.69, 9.17) is 32.7 Å². The molecule has 0 saturated carbocycles. The van der Waals surface area contributed by atoms with Gasteiger partial charge < -0.3 is 9.47 Å². The smallest absolute Gasteiger partial charge is 0.363 e. The second-order valence-corrected chi connectivity index (χ2v) is 6.67. The molecule has 2 aromatic carbocycles. The van der Waals surface area contributed by atoms with E-state index in [2.05, 4.69) is 9.98 Å². The summed E-state index contributed by atoms with van der Waals surface area (Å²) in [4.78, 5) is 20.8. The van der Waals surface area contributed by atoms with Crippen LogP contribution in [-0.2, 0) is 9.53 Å². The van der Waals surface area contributed by atoms with Crippen LogP contribution in [0.1, 0.15) is 11.1 Å². The molecule has 0 saturated heterocycles. The molecule has 0 N–H and O–H groups in total. The molecule has 0 amide bonds. The number of hydrogen-bond donors (Lipinski definition) is 0. The number of pyridine rings is 1. The summed E-state index contributed by atoms with van der Waals surface area (Å²) in [6.45, 7) is 0. The zero-order chi connectivity index (χ0) is 19.5. The van der Waals surface area contributed by atoms with E-state index in [1.54, 1.807) is 72.9 Å². The maximum absolute atomic E-state index is 12.2. The van der Waals surface area contributed by atoms with Crippen molar-refractivity contribution in [2.45, 2.75) is 0 Å². The van der Waals surface area contributed by atoms with Gasteiger partial charge in [-0.25, -0.2) is 14.8 Å². The topological polar surface area (TPSA) is 60.8 Å². The predicted molar refractivity (Wildman–Crippen MR) is 108 cm³/mol. The predicted octanol–water partition coefficient (Wildman–Crippen LogP) is 5.53. The lowest BCUT2D eigenvalue weighted by atomic mass is 10.2. The van der Waals surface area contributed by atoms with Crippen LogP contribution in [0.15, 0.2) is 77.5 Å². The number of carbonyl (C=O) groups excluding carboxylic acids is 1. The van der Waals surface area contributed by atoms with Crippen LogP contribution in [0.3, 0.4) is 0 Å². The Bertz CT molecular complexity index is 1090. The lowest BCUT2D eigenvalue weighted by Gasteiger charge is -2.08. The first-order valence-electron chi connectivity index (χ1n) is 8.25. The van der Waals surface area contributed by atoms with Crippen LogP contribution < -0.4 is 4.74 Å². The van der Waals surface area contributed by atoms with Gasteiger partial charge in [0.15, 0.2) is 5.70 Å². The Hall–Kier alpha value is -3.15. The van der Waals surface area contributed by atoms with E-state index in [0.717, 1.165) is 5.56 Å². The molecule has 0 radical (unpaired) electrons. The van der Waals surface area contributed by atoms with Crippen molar-refractivity contribution in [3.8, 4) is 11.6 Å². The number of esters is 1. The zero-order valence-corrected chi connectivity index (χ0v) is 15.8. The fraction of sp³-hybridized carbons (Fsp3) is 0. The maximum Gasteiger partial charge on any atom is 0.363 e. The van der Waals surface area contributed by atoms with Crippen LogP contribution in [0.4, 0.5) is 0 Å². The second kappa shape index (κ2) is 7.84. The fourth-order valence-corrected chi connectivity index (χ4v) is 2.74. The molecule has 1 aromatic heterocycles. The number of cyclic esters (lactones) is 1. The number of halogens is 2. The van der Waals surface area contributed by atoms with E-state index in [9.17, 15) is 4.79 Å². The second-order valence-electron chi connectivity index (χ2n) is 5.80. The van der Waals surface area contributed by atoms with E-state index in [-0.39, 0.29) is 17.5 Å². The molecule has 7 heteroatoms. The molecular formula is C21H12Cl2N2O3. The first-order chi connectivity index (χ1) is 13.6. The Morgan fingerprint density at radius 3 is 2.32 bits per heavy atom. The van der Waals surface area contributed by atoms with Gasteiger partial charge in [-0.15, -0.1) is 0 Å². The SMILES string of the molecule is O=C1OC(c2cccnc2Oc2ccc(Cl)cc2)=NC1=Cc1ccc(Cl)cc1. The summed E-state index contributed by atoms with van der Waals surface area (Å²) in [5.41, 5.74) is 1.43. The minimum Gasteiger partial charge on any atom is -0.438 e. The van der Waals surface area contributed by atoms with Crippen molar-refractivity contribution >= 4 is 41.1 Å². The molecule has 0 atom stereocenters. The van der Waals surface area contributed by atoms with Gasteiger partial charge in [0, 0.05) is 16.2 Å². The van der Waals surface area contributed by atoms with E-state index >= 15 is 0 Å². The van der Waals surface area contributed by atoms with Gasteiger partial charge in [0.25, 0.3) is 0 Å². The lowest BCUT2D eigenvalue weighted by Crippen LogP contribution is -2.07. The van der Waals surface area contributed by atoms with Gasteiger partial charge in [0.1, 0.15) is 5.75 Å². The average Bonchev–Trinajstić information content (AvgIpc) is 3.06. The van der Waals surface area contributed by atoms with Gasteiger partial charge in [-0.3, -0.25) is 0 Å². The summed E-state index contributed by atoms with van der Waals surface area (Å²) in [5, 5.41) is 1.21. The Balaban J connectivity index is 1.65. The van der Waals surface area contributed by atoms with Crippen molar-refractivity contribution in [2.75, 3.05) is 0 Å². The molecule has 3 aromatic rings. The normalized spacial score (nSPS) is 14.7. The van der Waals surface area contributed by atoms with E-state index in [0.29, 0.717) is 21.4 Å². The molecular weight excluding hydrogens is 399 g/mol. The Kier molecular flexibility index (Phi) is 5.10. The number of rotatable bonds is 4. The Labute approximate surface area is 170 Å². The Morgan fingerprint density at radius 2 is 1.61 bits per heavy atom. The number of hydrogen-bond acceptors (Lipinski definition) is 5. The molecule has 1 aliphatic heterocycles. The summed E-state index contributed by atoms with van der Waals surface area (Å²) in [6, 6.07) is 17.3. The third-order valence-electron chi connectivity index (χ3n) is 3.82. The standard InChI is InChI=1S/C21H12Cl2N2O3/c22-14-5-3-13(4-6-14)12-18-21(26)28-20(25-18)17-2-1-11-24-19(17)27-16-9-7-15(23)8-10-16/h1-12H. The van der Waals surface area contributed by atoms with Gasteiger partial charge in [0.2, 0.25) is 11.8 Å². The first kappa shape index (κ1) is 18.2. The van der Waals surface area contributed by atoms with Crippen molar-refractivity contribution < 1.29 is 14.3 Å². The van der Waals surface area contributed by atoms with E-state index < -0.39 is 5.97 Å². The van der Waals surface area contributed by atoms with Gasteiger partial charge in [-0.2, -0.15) is 0 Å². The molecule has 0 spiro atoms. The van der Waals surface area contributed by atoms with Crippen molar-refractivity contribution in [1.29, 1.82) is 0 Å². The number of aliphatic imine (C=N–C) groups is 1. The van der Waals surface area contributed by atoms with Gasteiger partial charge >= 0.3 is 5.97 Å². The molecule has 0 bridgehead atoms. The first-order valence-corrected chi connectivity index (χ1v) is 9.01. The molecule has 2 heterocycles. The Morgan fingerprint density at radius 1 is 0.929 bits per heavy atom. The number of benzene rings is 2. The van der Waals surface area contributed by atoms with Crippen LogP contribution in [-0.4, -0.2) is 16.9 Å². The molecule has 1 aliphatic rings. The van der Waals surface area contributed by atoms with Crippen molar-refractivity contribution in [3.63, 3.8) is 0 Å². The molecule has 0 unspecified atom stereocenters. The van der Waals surface area contributed by atoms with E-state index in [1.807, 2.05) is 0 Å². The summed E-state index contributed by atoms with van der Waals surface area (Å²) >= 11 is 11.8. The lowest BCUT2D eigenvalue weighted by molar-refractivity contribution is -0.129. The molecule has 0 aliphatic carbocycles. The van der Waals surface area contributed by atoms with Gasteiger partial charge in [0.05, 0.1) is 5.56 Å². The highest BCUT2D eigenvalue weighted by molar-refractivity contribution is 6.30. The third kappa shape index (κ3) is 4.06. The monoisotopic (exact) mass is 410 g/mol. The average molecular weight is 411 g/mol. The van der Waals surface area contributed by atoms with Gasteiger partial charge in [-0.05, 0) is 60.2 Å². The number of carbonyl (C=O) groups is 1. The number of aromatic nitrogens is 1. The van der Waals surface area contributed by atoms with Crippen molar-refractivity contribution in [1.82, 2.24) is 4.98 Å². The van der Waals surface area contributed by atoms with Crippen LogP contribution in [0.25, 0.3) is 6.08 Å². The summed E-state index contributed by atoms with van der Waals surface area (Å²) in [7, 11) is 0. The molecule has 5 nitrogen and oxygen atoms in total.